The summed E-state index contributed by atoms with van der Waals surface area (Å²) in [4.78, 5) is 52.5. The van der Waals surface area contributed by atoms with Crippen LogP contribution in [0.25, 0.3) is 135 Å². The molecule has 12 aromatic heterocycles. The molecule has 20 rings (SSSR count). The van der Waals surface area contributed by atoms with Crippen molar-refractivity contribution in [3.8, 4) is 135 Å². The van der Waals surface area contributed by atoms with Crippen molar-refractivity contribution >= 4 is 0 Å². The summed E-state index contributed by atoms with van der Waals surface area (Å²) in [5.74, 6) is -3.06. The van der Waals surface area contributed by atoms with Crippen LogP contribution in [0, 0.1) is 61.3 Å². The number of pyridine rings is 12. The second kappa shape index (κ2) is 57.5. The van der Waals surface area contributed by atoms with Crippen LogP contribution in [-0.2, 0) is 93.2 Å². The predicted molar refractivity (Wildman–Crippen MR) is 528 cm³/mol. The van der Waals surface area contributed by atoms with E-state index in [1.165, 1.54) is 6.92 Å². The second-order valence-corrected chi connectivity index (χ2v) is 28.7. The zero-order chi connectivity index (χ0) is 98.4. The Morgan fingerprint density at radius 2 is 0.507 bits per heavy atom. The molecule has 1 unspecified atom stereocenters. The van der Waals surface area contributed by atoms with E-state index >= 15 is 0 Å². The van der Waals surface area contributed by atoms with Gasteiger partial charge >= 0.3 is 0 Å². The van der Waals surface area contributed by atoms with Crippen molar-refractivity contribution < 1.29 is 94.1 Å². The van der Waals surface area contributed by atoms with E-state index in [0.29, 0.717) is 17.1 Å². The maximum atomic E-state index is 8.22. The van der Waals surface area contributed by atoms with E-state index in [-0.39, 0.29) is 98.2 Å². The van der Waals surface area contributed by atoms with E-state index in [4.69, 9.17) is 13.7 Å². The fourth-order valence-corrected chi connectivity index (χ4v) is 12.5. The Kier molecular flexibility index (Phi) is 38.3. The van der Waals surface area contributed by atoms with Gasteiger partial charge in [0.1, 0.15) is 0 Å². The van der Waals surface area contributed by atoms with Crippen LogP contribution in [0.3, 0.4) is 0 Å². The molecule has 0 fully saturated rings. The smallest absolute Gasteiger partial charge is 0.0720 e. The van der Waals surface area contributed by atoms with Gasteiger partial charge in [-0.05, 0) is 150 Å². The van der Waals surface area contributed by atoms with Crippen molar-refractivity contribution in [3.63, 3.8) is 0 Å². The normalized spacial score (nSPS) is 11.9. The van der Waals surface area contributed by atoms with Gasteiger partial charge in [0, 0.05) is 189 Å². The Balaban J connectivity index is 0.000000186. The van der Waals surface area contributed by atoms with Crippen molar-refractivity contribution in [1.82, 2.24) is 59.8 Å². The SMILES string of the molecule is Cc1cccc(-c2ccc(-c3[c-]cccc3)nc2)n1.[2H]C(C)(C)C([2H])([2H])c1cccc(-c2ccc(-c3[c-]cccc3)nc2)n1.[2H]C([2H])([2H])C([2H])(C)c1cccc(-c2ccc(-c3[c-]cccc3)nc2)n1.[2H]C([2H])([2H])Cc1cccc(-c2ccc(-c3[c-]cccc3)nc2)n1.[Ir].[Ir].[Ir].[Ir].[c-]1ccccc1-c1ccccn1.[c-]1ccccc1-c1ccccn1.[c-]1ccccc1-c1ccccn1.[c-]1ccccc1-c1ccccn1. The Hall–Kier alpha value is -13.8. The minimum Gasteiger partial charge on any atom is -0.305 e. The second-order valence-electron chi connectivity index (χ2n) is 28.7. The number of hydrogen-bond acceptors (Lipinski definition) is 12. The Labute approximate surface area is 857 Å². The van der Waals surface area contributed by atoms with Gasteiger partial charge in [-0.3, -0.25) is 19.9 Å². The first-order valence-electron chi connectivity index (χ1n) is 46.9. The number of rotatable bonds is 16. The molecule has 0 spiro atoms. The van der Waals surface area contributed by atoms with E-state index in [2.05, 4.69) is 108 Å². The zero-order valence-electron chi connectivity index (χ0n) is 83.5. The monoisotopic (exact) mass is 2460 g/mol. The number of aromatic nitrogens is 12. The van der Waals surface area contributed by atoms with Gasteiger partial charge in [-0.2, -0.15) is 0 Å². The summed E-state index contributed by atoms with van der Waals surface area (Å²) in [5, 5.41) is 0. The quantitative estimate of drug-likeness (QED) is 0.0846. The van der Waals surface area contributed by atoms with Gasteiger partial charge in [0.15, 0.2) is 0 Å². The fraction of sp³-hybridized carbons (Fsp3) is 0.0847. The average Bonchev–Trinajstić information content (AvgIpc) is 0.787. The van der Waals surface area contributed by atoms with E-state index in [9.17, 15) is 0 Å². The van der Waals surface area contributed by atoms with Crippen LogP contribution in [-0.4, -0.2) is 59.8 Å². The van der Waals surface area contributed by atoms with E-state index < -0.39 is 31.9 Å². The molecule has 0 aliphatic heterocycles. The Bertz CT molecular complexity index is 6480. The van der Waals surface area contributed by atoms with Crippen molar-refractivity contribution in [2.75, 3.05) is 0 Å². The molecule has 12 nitrogen and oxygen atoms in total. The molecule has 8 aromatic carbocycles. The zero-order valence-corrected chi connectivity index (χ0v) is 83.1. The first-order chi connectivity index (χ1) is 67.8. The van der Waals surface area contributed by atoms with Crippen LogP contribution < -0.4 is 0 Å². The summed E-state index contributed by atoms with van der Waals surface area (Å²) in [7, 11) is 0. The first kappa shape index (κ1) is 89.4. The van der Waals surface area contributed by atoms with Crippen molar-refractivity contribution in [1.29, 1.82) is 0 Å². The molecule has 134 heavy (non-hydrogen) atoms. The molecular weight excluding hydrogens is 2350 g/mol. The van der Waals surface area contributed by atoms with Crippen LogP contribution in [0.4, 0.5) is 0 Å². The molecular formula is C118H96Ir4N12-8. The van der Waals surface area contributed by atoms with Crippen LogP contribution >= 0.6 is 0 Å². The number of nitrogens with zero attached hydrogens (tertiary/aromatic N) is 12. The number of benzene rings is 8. The summed E-state index contributed by atoms with van der Waals surface area (Å²) in [6, 6.07) is 148. The van der Waals surface area contributed by atoms with Gasteiger partial charge in [0.05, 0.1) is 22.8 Å². The van der Waals surface area contributed by atoms with Gasteiger partial charge in [-0.15, -0.1) is 287 Å². The average molecular weight is 2460 g/mol. The first-order valence-corrected chi connectivity index (χ1v) is 41.9. The standard InChI is InChI=1S/C20H19N2.C19H17N2.C18H15N2.C17H13N2.4C11H8N.4Ir/c1-15(2)13-18-9-6-10-20(22-18)17-11-12-19(21-14-17)16-7-4-3-5-8-16;1-14(2)17-9-6-10-19(21-17)16-11-12-18(20-13-16)15-7-4-3-5-8-15;1-2-16-9-6-10-18(20-16)15-11-12-17(19-13-15)14-7-4-3-5-8-14;1-13-6-5-9-17(19-13)15-10-11-16(18-12-15)14-7-3-2-4-8-14;4*1-2-6-10(7-3-1)11-8-4-5-9-12-11;;;;/h3-7,9-12,14-15H,13H2,1-2H3;3-7,9-14H,1-2H3;3-7,9-13H,2H2,1H3;2-7,9-12H,1H3;4*1-6,8-9H;;;;/q8*-1;;;;/i13D2,15D;1D3,14D;1D3;;;;;;;;;. The van der Waals surface area contributed by atoms with Crippen LogP contribution in [0.15, 0.2) is 438 Å². The van der Waals surface area contributed by atoms with Gasteiger partial charge in [0.2, 0.25) is 0 Å². The third-order valence-electron chi connectivity index (χ3n) is 18.9. The number of aryl methyl sites for hydroxylation is 2. The van der Waals surface area contributed by atoms with Crippen molar-refractivity contribution in [2.24, 2.45) is 5.89 Å². The molecule has 0 amide bonds. The predicted octanol–water partition coefficient (Wildman–Crippen LogP) is 27.8. The van der Waals surface area contributed by atoms with E-state index in [1.807, 2.05) is 365 Å². The van der Waals surface area contributed by atoms with Gasteiger partial charge < -0.3 is 39.9 Å². The third-order valence-corrected chi connectivity index (χ3v) is 18.9. The maximum absolute atomic E-state index is 8.22. The Morgan fingerprint density at radius 3 is 0.754 bits per heavy atom. The molecule has 0 saturated heterocycles. The van der Waals surface area contributed by atoms with Gasteiger partial charge in [0.25, 0.3) is 0 Å². The van der Waals surface area contributed by atoms with E-state index in [0.717, 1.165) is 129 Å². The molecule has 16 heteroatoms. The molecule has 0 aliphatic carbocycles. The molecule has 12 heterocycles. The summed E-state index contributed by atoms with van der Waals surface area (Å²) in [6.45, 7) is 1.98. The molecule has 672 valence electrons. The summed E-state index contributed by atoms with van der Waals surface area (Å²) < 4.78 is 77.4. The summed E-state index contributed by atoms with van der Waals surface area (Å²) >= 11 is 0. The van der Waals surface area contributed by atoms with Crippen LogP contribution in [0.5, 0.6) is 0 Å². The van der Waals surface area contributed by atoms with Gasteiger partial charge in [-0.1, -0.05) is 156 Å². The molecule has 0 aliphatic rings. The maximum Gasteiger partial charge on any atom is 0.0720 e. The fourth-order valence-electron chi connectivity index (χ4n) is 12.5. The molecule has 0 bridgehead atoms. The largest absolute Gasteiger partial charge is 0.305 e. The topological polar surface area (TPSA) is 155 Å². The van der Waals surface area contributed by atoms with Gasteiger partial charge in [-0.25, -0.2) is 0 Å². The van der Waals surface area contributed by atoms with Crippen molar-refractivity contribution in [2.45, 2.75) is 60.1 Å². The van der Waals surface area contributed by atoms with Crippen LogP contribution in [0.1, 0.15) is 76.9 Å². The summed E-state index contributed by atoms with van der Waals surface area (Å²) in [5.41, 5.74) is 23.6. The Morgan fingerprint density at radius 1 is 0.254 bits per heavy atom. The van der Waals surface area contributed by atoms with E-state index in [1.54, 1.807) is 93.6 Å². The molecule has 0 N–H and O–H groups in total. The third kappa shape index (κ3) is 33.5. The molecule has 20 aromatic rings. The molecule has 0 saturated carbocycles. The van der Waals surface area contributed by atoms with Crippen LogP contribution in [0.2, 0.25) is 0 Å². The molecule has 4 radical (unpaired) electrons. The molecule has 1 atom stereocenters. The number of hydrogen-bond donors (Lipinski definition) is 0. The minimum atomic E-state index is -2.45. The minimum absolute atomic E-state index is 0. The van der Waals surface area contributed by atoms with Crippen molar-refractivity contribution in [3.05, 3.63) is 509 Å². The summed E-state index contributed by atoms with van der Waals surface area (Å²) in [6.07, 6.45) is 12.3.